The van der Waals surface area contributed by atoms with Crippen LogP contribution in [0.4, 0.5) is 0 Å². The summed E-state index contributed by atoms with van der Waals surface area (Å²) in [6.07, 6.45) is 2.75. The molecule has 4 atom stereocenters. The number of aliphatic hydroxyl groups is 1. The zero-order valence-electron chi connectivity index (χ0n) is 9.31. The van der Waals surface area contributed by atoms with Crippen molar-refractivity contribution in [3.8, 4) is 5.97 Å². The predicted octanol–water partition coefficient (Wildman–Crippen LogP) is 1.67. The van der Waals surface area contributed by atoms with Gasteiger partial charge in [-0.15, -0.1) is 6.58 Å². The fourth-order valence-corrected chi connectivity index (χ4v) is 2.06. The van der Waals surface area contributed by atoms with Crippen LogP contribution in [0.25, 0.3) is 0 Å². The molecule has 81 valence electrons. The minimum atomic E-state index is -1.11. The van der Waals surface area contributed by atoms with Crippen molar-refractivity contribution < 1.29 is 9.84 Å². The molecule has 0 spiro atoms. The van der Waals surface area contributed by atoms with Gasteiger partial charge >= 0.3 is 0 Å². The first-order valence-electron chi connectivity index (χ1n) is 5.27. The van der Waals surface area contributed by atoms with Crippen molar-refractivity contribution in [2.75, 3.05) is 0 Å². The average Bonchev–Trinajstić information content (AvgIpc) is 2.15. The second-order valence-corrected chi connectivity index (χ2v) is 4.26. The lowest BCUT2D eigenvalue weighted by Crippen LogP contribution is -2.48. The van der Waals surface area contributed by atoms with E-state index in [1.165, 1.54) is 0 Å². The standard InChI is InChI=1S/C11H17BNO2/c1-4-5-11(14)8(2)6-10(12-7-13)9(3)15-11/h4,8-10,14H,1,5-6H2,2-3H3/t8-,9+,10+,11?/m0/s1. The lowest BCUT2D eigenvalue weighted by Gasteiger charge is -2.44. The number of hydrogen-bond acceptors (Lipinski definition) is 3. The zero-order chi connectivity index (χ0) is 11.5. The maximum absolute atomic E-state index is 10.2. The Balaban J connectivity index is 2.70. The van der Waals surface area contributed by atoms with Crippen molar-refractivity contribution in [1.29, 1.82) is 5.26 Å². The second kappa shape index (κ2) is 4.83. The van der Waals surface area contributed by atoms with Crippen LogP contribution in [-0.2, 0) is 4.74 Å². The number of rotatable bonds is 3. The van der Waals surface area contributed by atoms with Crippen LogP contribution in [0.5, 0.6) is 0 Å². The van der Waals surface area contributed by atoms with Gasteiger partial charge in [0.1, 0.15) is 0 Å². The normalized spacial score (nSPS) is 40.5. The highest BCUT2D eigenvalue weighted by atomic mass is 16.6. The third kappa shape index (κ3) is 2.61. The van der Waals surface area contributed by atoms with Gasteiger partial charge < -0.3 is 9.84 Å². The summed E-state index contributed by atoms with van der Waals surface area (Å²) in [6, 6.07) is 0. The average molecular weight is 206 g/mol. The molecule has 0 aromatic carbocycles. The van der Waals surface area contributed by atoms with Crippen LogP contribution in [0.3, 0.4) is 0 Å². The number of hydrogen-bond donors (Lipinski definition) is 1. The van der Waals surface area contributed by atoms with E-state index in [9.17, 15) is 5.11 Å². The summed E-state index contributed by atoms with van der Waals surface area (Å²) >= 11 is 0. The molecule has 0 aliphatic carbocycles. The van der Waals surface area contributed by atoms with Crippen molar-refractivity contribution >= 4 is 7.28 Å². The Morgan fingerprint density at radius 3 is 2.93 bits per heavy atom. The molecule has 0 bridgehead atoms. The molecule has 0 aromatic heterocycles. The summed E-state index contributed by atoms with van der Waals surface area (Å²) < 4.78 is 5.59. The van der Waals surface area contributed by atoms with E-state index in [1.807, 2.05) is 19.8 Å². The van der Waals surface area contributed by atoms with Crippen LogP contribution in [0, 0.1) is 17.1 Å². The molecule has 3 nitrogen and oxygen atoms in total. The fraction of sp³-hybridized carbons (Fsp3) is 0.727. The summed E-state index contributed by atoms with van der Waals surface area (Å²) in [5.41, 5.74) is 0. The highest BCUT2D eigenvalue weighted by Crippen LogP contribution is 2.40. The molecule has 15 heavy (non-hydrogen) atoms. The molecule has 1 unspecified atom stereocenters. The van der Waals surface area contributed by atoms with Crippen molar-refractivity contribution in [3.63, 3.8) is 0 Å². The van der Waals surface area contributed by atoms with E-state index < -0.39 is 5.79 Å². The maximum atomic E-state index is 10.2. The highest BCUT2D eigenvalue weighted by molar-refractivity contribution is 6.47. The summed E-state index contributed by atoms with van der Waals surface area (Å²) in [5, 5.41) is 18.8. The van der Waals surface area contributed by atoms with Crippen LogP contribution >= 0.6 is 0 Å². The van der Waals surface area contributed by atoms with Crippen LogP contribution < -0.4 is 0 Å². The summed E-state index contributed by atoms with van der Waals surface area (Å²) in [7, 11) is 1.59. The first-order chi connectivity index (χ1) is 7.03. The molecule has 1 aliphatic rings. The fourth-order valence-electron chi connectivity index (χ4n) is 2.06. The van der Waals surface area contributed by atoms with Gasteiger partial charge in [-0.05, 0) is 25.1 Å². The zero-order valence-corrected chi connectivity index (χ0v) is 9.31. The van der Waals surface area contributed by atoms with Crippen molar-refractivity contribution in [3.05, 3.63) is 12.7 Å². The van der Waals surface area contributed by atoms with Crippen molar-refractivity contribution in [1.82, 2.24) is 0 Å². The summed E-state index contributed by atoms with van der Waals surface area (Å²) in [5.74, 6) is 1.05. The van der Waals surface area contributed by atoms with Gasteiger partial charge in [0.2, 0.25) is 0 Å². The Morgan fingerprint density at radius 2 is 2.40 bits per heavy atom. The van der Waals surface area contributed by atoms with Gasteiger partial charge in [-0.3, -0.25) is 0 Å². The molecule has 1 rings (SSSR count). The number of nitrogens with zero attached hydrogens (tertiary/aromatic N) is 1. The Labute approximate surface area is 92.0 Å². The van der Waals surface area contributed by atoms with Gasteiger partial charge in [0.25, 0.3) is 7.28 Å². The van der Waals surface area contributed by atoms with Crippen molar-refractivity contribution in [2.45, 2.75) is 44.4 Å². The molecule has 0 aromatic rings. The van der Waals surface area contributed by atoms with E-state index in [1.54, 1.807) is 13.4 Å². The smallest absolute Gasteiger partial charge is 0.260 e. The largest absolute Gasteiger partial charge is 0.365 e. The molecule has 0 saturated carbocycles. The molecule has 1 fully saturated rings. The quantitative estimate of drug-likeness (QED) is 0.564. The highest BCUT2D eigenvalue weighted by Gasteiger charge is 2.43. The Kier molecular flexibility index (Phi) is 3.95. The lowest BCUT2D eigenvalue weighted by atomic mass is 9.59. The molecular formula is C11H17BNO2. The molecular weight excluding hydrogens is 189 g/mol. The first kappa shape index (κ1) is 12.3. The van der Waals surface area contributed by atoms with E-state index >= 15 is 0 Å². The first-order valence-corrected chi connectivity index (χ1v) is 5.27. The van der Waals surface area contributed by atoms with Gasteiger partial charge in [0.05, 0.1) is 6.10 Å². The second-order valence-electron chi connectivity index (χ2n) is 4.26. The molecule has 4 heteroatoms. The lowest BCUT2D eigenvalue weighted by molar-refractivity contribution is -0.273. The SMILES string of the molecule is C=CCC1(O)O[C@H](C)[C@H]([B]C#N)C[C@@H]1C. The van der Waals surface area contributed by atoms with Gasteiger partial charge in [-0.1, -0.05) is 13.0 Å². The molecule has 1 heterocycles. The molecule has 1 saturated heterocycles. The topological polar surface area (TPSA) is 53.2 Å². The monoisotopic (exact) mass is 206 g/mol. The van der Waals surface area contributed by atoms with Gasteiger partial charge in [-0.2, -0.15) is 0 Å². The van der Waals surface area contributed by atoms with Gasteiger partial charge in [0, 0.05) is 12.3 Å². The van der Waals surface area contributed by atoms with E-state index in [0.717, 1.165) is 6.42 Å². The van der Waals surface area contributed by atoms with E-state index in [0.29, 0.717) is 6.42 Å². The third-order valence-corrected chi connectivity index (χ3v) is 3.11. The van der Waals surface area contributed by atoms with Crippen LogP contribution in [0.2, 0.25) is 5.82 Å². The van der Waals surface area contributed by atoms with Gasteiger partial charge in [0.15, 0.2) is 5.79 Å². The Hall–Kier alpha value is -0.785. The Bertz CT molecular complexity index is 276. The van der Waals surface area contributed by atoms with E-state index in [-0.39, 0.29) is 17.8 Å². The van der Waals surface area contributed by atoms with Crippen LogP contribution in [-0.4, -0.2) is 24.3 Å². The van der Waals surface area contributed by atoms with E-state index in [2.05, 4.69) is 6.58 Å². The van der Waals surface area contributed by atoms with E-state index in [4.69, 9.17) is 10.00 Å². The summed E-state index contributed by atoms with van der Waals surface area (Å²) in [6.45, 7) is 7.44. The molecule has 1 N–H and O–H groups in total. The maximum Gasteiger partial charge on any atom is 0.260 e. The number of nitriles is 1. The van der Waals surface area contributed by atoms with Gasteiger partial charge in [-0.25, -0.2) is 5.26 Å². The predicted molar refractivity (Wildman–Crippen MR) is 59.2 cm³/mol. The molecule has 1 aliphatic heterocycles. The minimum absolute atomic E-state index is 0.0151. The number of ether oxygens (including phenoxy) is 1. The third-order valence-electron chi connectivity index (χ3n) is 3.11. The molecule has 0 amide bonds. The van der Waals surface area contributed by atoms with Crippen LogP contribution in [0.1, 0.15) is 26.7 Å². The minimum Gasteiger partial charge on any atom is -0.365 e. The Morgan fingerprint density at radius 1 is 1.73 bits per heavy atom. The molecule has 1 radical (unpaired) electrons. The summed E-state index contributed by atoms with van der Waals surface area (Å²) in [4.78, 5) is 0. The van der Waals surface area contributed by atoms with Crippen LogP contribution in [0.15, 0.2) is 12.7 Å². The van der Waals surface area contributed by atoms with Crippen molar-refractivity contribution in [2.24, 2.45) is 5.92 Å².